The Morgan fingerprint density at radius 2 is 1.83 bits per heavy atom. The van der Waals surface area contributed by atoms with Gasteiger partial charge in [0.25, 0.3) is 5.91 Å². The minimum absolute atomic E-state index is 0.0365. The van der Waals surface area contributed by atoms with Crippen molar-refractivity contribution < 1.29 is 22.7 Å². The van der Waals surface area contributed by atoms with Crippen LogP contribution >= 0.6 is 0 Å². The maximum Gasteiger partial charge on any atom is 0.573 e. The van der Waals surface area contributed by atoms with Crippen molar-refractivity contribution >= 4 is 5.91 Å². The summed E-state index contributed by atoms with van der Waals surface area (Å²) in [7, 11) is 0. The number of alkyl halides is 3. The van der Waals surface area contributed by atoms with Crippen molar-refractivity contribution in [2.75, 3.05) is 0 Å². The lowest BCUT2D eigenvalue weighted by Gasteiger charge is -2.10. The molecule has 3 rings (SSSR count). The summed E-state index contributed by atoms with van der Waals surface area (Å²) >= 11 is 0. The van der Waals surface area contributed by atoms with Crippen molar-refractivity contribution in [3.8, 4) is 5.75 Å². The number of amides is 1. The van der Waals surface area contributed by atoms with Gasteiger partial charge in [-0.15, -0.1) is 18.3 Å². The number of aryl methyl sites for hydroxylation is 2. The summed E-state index contributed by atoms with van der Waals surface area (Å²) in [5.41, 5.74) is 1.84. The lowest BCUT2D eigenvalue weighted by Crippen LogP contribution is -2.23. The van der Waals surface area contributed by atoms with E-state index in [1.807, 2.05) is 18.2 Å². The molecule has 1 N–H and O–H groups in total. The first-order valence-electron chi connectivity index (χ1n) is 8.96. The predicted molar refractivity (Wildman–Crippen MR) is 99.1 cm³/mol. The summed E-state index contributed by atoms with van der Waals surface area (Å²) in [5.74, 6) is -0.796. The number of rotatable bonds is 8. The second-order valence-corrected chi connectivity index (χ2v) is 6.33. The van der Waals surface area contributed by atoms with E-state index in [0.29, 0.717) is 12.1 Å². The molecule has 0 saturated carbocycles. The van der Waals surface area contributed by atoms with Gasteiger partial charge >= 0.3 is 6.36 Å². The molecule has 0 aliphatic carbocycles. The molecule has 2 aromatic carbocycles. The standard InChI is InChI=1S/C20H19F3N4O2/c21-20(22,23)29-17-10-4-8-16(12-17)13-24-19(28)18-14-27(26-25-18)11-5-9-15-6-2-1-3-7-15/h1-4,6-8,10,12,14H,5,9,11,13H2,(H,24,28). The van der Waals surface area contributed by atoms with Crippen molar-refractivity contribution in [3.63, 3.8) is 0 Å². The number of hydrogen-bond acceptors (Lipinski definition) is 4. The van der Waals surface area contributed by atoms with Crippen LogP contribution in [0.3, 0.4) is 0 Å². The summed E-state index contributed by atoms with van der Waals surface area (Å²) in [6.07, 6.45) is -1.48. The van der Waals surface area contributed by atoms with Crippen LogP contribution in [0.15, 0.2) is 60.8 Å². The molecule has 1 aromatic heterocycles. The molecule has 9 heteroatoms. The van der Waals surface area contributed by atoms with E-state index in [9.17, 15) is 18.0 Å². The van der Waals surface area contributed by atoms with E-state index in [0.717, 1.165) is 12.8 Å². The zero-order valence-corrected chi connectivity index (χ0v) is 15.4. The van der Waals surface area contributed by atoms with Crippen LogP contribution in [0.4, 0.5) is 13.2 Å². The van der Waals surface area contributed by atoms with Crippen LogP contribution in [-0.2, 0) is 19.5 Å². The maximum absolute atomic E-state index is 12.3. The van der Waals surface area contributed by atoms with E-state index in [-0.39, 0.29) is 18.0 Å². The summed E-state index contributed by atoms with van der Waals surface area (Å²) < 4.78 is 42.3. The highest BCUT2D eigenvalue weighted by Gasteiger charge is 2.31. The van der Waals surface area contributed by atoms with Gasteiger partial charge in [-0.1, -0.05) is 47.7 Å². The number of aromatic nitrogens is 3. The van der Waals surface area contributed by atoms with Gasteiger partial charge in [-0.25, -0.2) is 0 Å². The average Bonchev–Trinajstić information content (AvgIpc) is 3.15. The first-order chi connectivity index (χ1) is 13.9. The number of nitrogens with zero attached hydrogens (tertiary/aromatic N) is 3. The largest absolute Gasteiger partial charge is 0.573 e. The molecular formula is C20H19F3N4O2. The predicted octanol–water partition coefficient (Wildman–Crippen LogP) is 3.74. The molecule has 0 aliphatic heterocycles. The number of benzene rings is 2. The fourth-order valence-electron chi connectivity index (χ4n) is 2.73. The van der Waals surface area contributed by atoms with Crippen LogP contribution in [0.5, 0.6) is 5.75 Å². The normalized spacial score (nSPS) is 11.3. The van der Waals surface area contributed by atoms with Crippen molar-refractivity contribution in [1.29, 1.82) is 0 Å². The van der Waals surface area contributed by atoms with Gasteiger partial charge in [0.2, 0.25) is 0 Å². The van der Waals surface area contributed by atoms with E-state index < -0.39 is 12.3 Å². The number of halogens is 3. The monoisotopic (exact) mass is 404 g/mol. The molecule has 1 amide bonds. The van der Waals surface area contributed by atoms with Gasteiger partial charge in [-0.3, -0.25) is 9.48 Å². The van der Waals surface area contributed by atoms with Gasteiger partial charge in [0.05, 0.1) is 6.20 Å². The molecule has 0 bridgehead atoms. The lowest BCUT2D eigenvalue weighted by atomic mass is 10.1. The van der Waals surface area contributed by atoms with Crippen molar-refractivity contribution in [3.05, 3.63) is 77.6 Å². The van der Waals surface area contributed by atoms with Crippen LogP contribution in [0.2, 0.25) is 0 Å². The minimum atomic E-state index is -4.76. The number of carbonyl (C=O) groups is 1. The summed E-state index contributed by atoms with van der Waals surface area (Å²) in [5, 5.41) is 10.4. The maximum atomic E-state index is 12.3. The Hall–Kier alpha value is -3.36. The smallest absolute Gasteiger partial charge is 0.406 e. The minimum Gasteiger partial charge on any atom is -0.406 e. The third-order valence-corrected chi connectivity index (χ3v) is 4.05. The van der Waals surface area contributed by atoms with Crippen LogP contribution in [0.25, 0.3) is 0 Å². The second kappa shape index (κ2) is 9.22. The molecule has 0 atom stereocenters. The van der Waals surface area contributed by atoms with Crippen LogP contribution in [-0.4, -0.2) is 27.3 Å². The van der Waals surface area contributed by atoms with E-state index >= 15 is 0 Å². The summed E-state index contributed by atoms with van der Waals surface area (Å²) in [4.78, 5) is 12.2. The van der Waals surface area contributed by atoms with E-state index in [2.05, 4.69) is 32.5 Å². The topological polar surface area (TPSA) is 69.0 Å². The van der Waals surface area contributed by atoms with Crippen molar-refractivity contribution in [2.24, 2.45) is 0 Å². The molecule has 29 heavy (non-hydrogen) atoms. The Morgan fingerprint density at radius 3 is 2.59 bits per heavy atom. The fourth-order valence-corrected chi connectivity index (χ4v) is 2.73. The summed E-state index contributed by atoms with van der Waals surface area (Å²) in [6, 6.07) is 15.5. The molecule has 3 aromatic rings. The molecule has 0 aliphatic rings. The Bertz CT molecular complexity index is 942. The number of nitrogens with one attached hydrogen (secondary N) is 1. The number of hydrogen-bond donors (Lipinski definition) is 1. The average molecular weight is 404 g/mol. The molecule has 0 unspecified atom stereocenters. The Labute approximate surface area is 165 Å². The molecule has 0 saturated heterocycles. The van der Waals surface area contributed by atoms with E-state index in [1.54, 1.807) is 16.9 Å². The zero-order chi connectivity index (χ0) is 20.7. The SMILES string of the molecule is O=C(NCc1cccc(OC(F)(F)F)c1)c1cn(CCCc2ccccc2)nn1. The zero-order valence-electron chi connectivity index (χ0n) is 15.4. The van der Waals surface area contributed by atoms with E-state index in [1.165, 1.54) is 23.8 Å². The van der Waals surface area contributed by atoms with Crippen LogP contribution in [0, 0.1) is 0 Å². The van der Waals surface area contributed by atoms with Gasteiger partial charge in [-0.05, 0) is 36.1 Å². The Balaban J connectivity index is 1.48. The highest BCUT2D eigenvalue weighted by atomic mass is 19.4. The number of carbonyl (C=O) groups excluding carboxylic acids is 1. The van der Waals surface area contributed by atoms with Gasteiger partial charge < -0.3 is 10.1 Å². The van der Waals surface area contributed by atoms with Gasteiger partial charge in [-0.2, -0.15) is 0 Å². The Morgan fingerprint density at radius 1 is 1.07 bits per heavy atom. The quantitative estimate of drug-likeness (QED) is 0.621. The second-order valence-electron chi connectivity index (χ2n) is 6.33. The first kappa shape index (κ1) is 20.4. The third kappa shape index (κ3) is 6.63. The molecule has 0 fully saturated rings. The van der Waals surface area contributed by atoms with E-state index in [4.69, 9.17) is 0 Å². The van der Waals surface area contributed by atoms with Crippen molar-refractivity contribution in [1.82, 2.24) is 20.3 Å². The first-order valence-corrected chi connectivity index (χ1v) is 8.96. The van der Waals surface area contributed by atoms with Crippen LogP contribution < -0.4 is 10.1 Å². The Kier molecular flexibility index (Phi) is 6.48. The van der Waals surface area contributed by atoms with Crippen molar-refractivity contribution in [2.45, 2.75) is 32.3 Å². The third-order valence-electron chi connectivity index (χ3n) is 4.05. The van der Waals surface area contributed by atoms with Gasteiger partial charge in [0, 0.05) is 13.1 Å². The lowest BCUT2D eigenvalue weighted by molar-refractivity contribution is -0.274. The summed E-state index contributed by atoms with van der Waals surface area (Å²) in [6.45, 7) is 0.654. The van der Waals surface area contributed by atoms with Crippen LogP contribution in [0.1, 0.15) is 28.0 Å². The highest BCUT2D eigenvalue weighted by molar-refractivity contribution is 5.91. The molecule has 6 nitrogen and oxygen atoms in total. The molecule has 0 radical (unpaired) electrons. The van der Waals surface area contributed by atoms with Gasteiger partial charge in [0.1, 0.15) is 5.75 Å². The molecule has 1 heterocycles. The highest BCUT2D eigenvalue weighted by Crippen LogP contribution is 2.23. The fraction of sp³-hybridized carbons (Fsp3) is 0.250. The molecule has 0 spiro atoms. The molecule has 152 valence electrons. The molecular weight excluding hydrogens is 385 g/mol. The van der Waals surface area contributed by atoms with Gasteiger partial charge in [0.15, 0.2) is 5.69 Å². The number of ether oxygens (including phenoxy) is 1.